The number of carboxylic acids is 1. The second kappa shape index (κ2) is 7.67. The number of benzene rings is 1. The van der Waals surface area contributed by atoms with Crippen molar-refractivity contribution in [3.8, 4) is 0 Å². The Morgan fingerprint density at radius 2 is 2.05 bits per heavy atom. The maximum atomic E-state index is 11.7. The van der Waals surface area contributed by atoms with Gasteiger partial charge in [0.2, 0.25) is 10.0 Å². The molecule has 0 aliphatic carbocycles. The van der Waals surface area contributed by atoms with Crippen molar-refractivity contribution in [1.82, 2.24) is 4.31 Å². The third kappa shape index (κ3) is 4.90. The van der Waals surface area contributed by atoms with Gasteiger partial charge in [-0.1, -0.05) is 13.0 Å². The van der Waals surface area contributed by atoms with Crippen LogP contribution in [0, 0.1) is 0 Å². The third-order valence-electron chi connectivity index (χ3n) is 2.77. The van der Waals surface area contributed by atoms with Crippen molar-refractivity contribution in [1.29, 1.82) is 0 Å². The van der Waals surface area contributed by atoms with Crippen molar-refractivity contribution in [2.45, 2.75) is 11.8 Å². The quantitative estimate of drug-likeness (QED) is 0.706. The van der Waals surface area contributed by atoms with E-state index in [-0.39, 0.29) is 17.9 Å². The minimum atomic E-state index is -3.30. The maximum absolute atomic E-state index is 11.7. The Morgan fingerprint density at radius 1 is 1.38 bits per heavy atom. The number of sulfonamides is 1. The van der Waals surface area contributed by atoms with E-state index >= 15 is 0 Å². The lowest BCUT2D eigenvalue weighted by Crippen LogP contribution is -2.28. The third-order valence-corrected chi connectivity index (χ3v) is 5.54. The van der Waals surface area contributed by atoms with Gasteiger partial charge in [0.15, 0.2) is 0 Å². The molecule has 0 radical (unpaired) electrons. The summed E-state index contributed by atoms with van der Waals surface area (Å²) in [5, 5.41) is 12.2. The van der Waals surface area contributed by atoms with E-state index in [1.165, 1.54) is 25.9 Å². The summed E-state index contributed by atoms with van der Waals surface area (Å²) in [6, 6.07) is 5.15. The molecule has 0 aliphatic rings. The first-order chi connectivity index (χ1) is 9.79. The minimum absolute atomic E-state index is 0.0930. The first kappa shape index (κ1) is 17.8. The van der Waals surface area contributed by atoms with Crippen molar-refractivity contribution in [3.63, 3.8) is 0 Å². The van der Waals surface area contributed by atoms with Gasteiger partial charge in [-0.05, 0) is 17.9 Å². The molecular weight excluding hydrogens is 312 g/mol. The van der Waals surface area contributed by atoms with E-state index in [4.69, 9.17) is 0 Å². The Morgan fingerprint density at radius 3 is 2.57 bits per heavy atom. The van der Waals surface area contributed by atoms with Crippen LogP contribution in [-0.4, -0.2) is 55.9 Å². The average Bonchev–Trinajstić information content (AvgIpc) is 2.38. The predicted molar refractivity (Wildman–Crippen MR) is 85.8 cm³/mol. The number of thioether (sulfide) groups is 1. The molecule has 0 amide bonds. The molecule has 0 heterocycles. The molecule has 0 aromatic heterocycles. The Bertz CT molecular complexity index is 600. The number of hydrogen-bond donors (Lipinski definition) is 2. The summed E-state index contributed by atoms with van der Waals surface area (Å²) < 4.78 is 24.5. The number of nitrogens with zero attached hydrogens (tertiary/aromatic N) is 1. The SMILES string of the molecule is CCSc1cccc(NCCS(=O)(=O)N(C)C)c1C(=O)O. The molecule has 21 heavy (non-hydrogen) atoms. The standard InChI is InChI=1S/C13H20N2O4S2/c1-4-20-11-7-5-6-10(12(11)13(16)17)14-8-9-21(18,19)15(2)3/h5-7,14H,4,8-9H2,1-3H3,(H,16,17). The van der Waals surface area contributed by atoms with Gasteiger partial charge in [0.25, 0.3) is 0 Å². The van der Waals surface area contributed by atoms with E-state index in [1.807, 2.05) is 6.92 Å². The normalized spacial score (nSPS) is 11.6. The van der Waals surface area contributed by atoms with Crippen LogP contribution in [0.2, 0.25) is 0 Å². The second-order valence-electron chi connectivity index (χ2n) is 4.44. The summed E-state index contributed by atoms with van der Waals surface area (Å²) in [4.78, 5) is 12.1. The second-order valence-corrected chi connectivity index (χ2v) is 8.05. The van der Waals surface area contributed by atoms with E-state index in [0.29, 0.717) is 10.6 Å². The number of carbonyl (C=O) groups is 1. The summed E-state index contributed by atoms with van der Waals surface area (Å²) in [6.45, 7) is 2.10. The molecule has 1 aromatic carbocycles. The van der Waals surface area contributed by atoms with Gasteiger partial charge in [0, 0.05) is 31.2 Å². The van der Waals surface area contributed by atoms with Gasteiger partial charge < -0.3 is 10.4 Å². The molecule has 0 spiro atoms. The summed E-state index contributed by atoms with van der Waals surface area (Å²) in [5.41, 5.74) is 0.626. The lowest BCUT2D eigenvalue weighted by molar-refractivity contribution is 0.0694. The van der Waals surface area contributed by atoms with Crippen molar-refractivity contribution in [2.24, 2.45) is 0 Å². The zero-order valence-corrected chi connectivity index (χ0v) is 13.9. The van der Waals surface area contributed by atoms with E-state index in [1.54, 1.807) is 18.2 Å². The topological polar surface area (TPSA) is 86.7 Å². The smallest absolute Gasteiger partial charge is 0.338 e. The highest BCUT2D eigenvalue weighted by molar-refractivity contribution is 7.99. The highest BCUT2D eigenvalue weighted by Crippen LogP contribution is 2.28. The van der Waals surface area contributed by atoms with Gasteiger partial charge in [0.05, 0.1) is 11.3 Å². The average molecular weight is 332 g/mol. The molecule has 0 unspecified atom stereocenters. The molecule has 0 saturated heterocycles. The van der Waals surface area contributed by atoms with E-state index in [9.17, 15) is 18.3 Å². The van der Waals surface area contributed by atoms with Gasteiger partial charge in [0.1, 0.15) is 0 Å². The number of nitrogens with one attached hydrogen (secondary N) is 1. The van der Waals surface area contributed by atoms with Crippen LogP contribution < -0.4 is 5.32 Å². The Labute approximate surface area is 129 Å². The van der Waals surface area contributed by atoms with E-state index < -0.39 is 16.0 Å². The van der Waals surface area contributed by atoms with Crippen LogP contribution in [-0.2, 0) is 10.0 Å². The summed E-state index contributed by atoms with van der Waals surface area (Å²) in [5.74, 6) is -0.354. The van der Waals surface area contributed by atoms with Crippen LogP contribution in [0.25, 0.3) is 0 Å². The molecular formula is C13H20N2O4S2. The van der Waals surface area contributed by atoms with Crippen LogP contribution in [0.4, 0.5) is 5.69 Å². The number of carboxylic acid groups (broad SMARTS) is 1. The Balaban J connectivity index is 2.89. The number of anilines is 1. The van der Waals surface area contributed by atoms with Crippen molar-refractivity contribution < 1.29 is 18.3 Å². The fourth-order valence-corrected chi connectivity index (χ4v) is 3.22. The van der Waals surface area contributed by atoms with Crippen molar-refractivity contribution in [3.05, 3.63) is 23.8 Å². The van der Waals surface area contributed by atoms with Gasteiger partial charge in [-0.2, -0.15) is 0 Å². The summed E-state index contributed by atoms with van der Waals surface area (Å²) >= 11 is 1.44. The van der Waals surface area contributed by atoms with Crippen LogP contribution in [0.15, 0.2) is 23.1 Å². The van der Waals surface area contributed by atoms with Gasteiger partial charge in [-0.25, -0.2) is 17.5 Å². The molecule has 8 heteroatoms. The molecule has 0 bridgehead atoms. The van der Waals surface area contributed by atoms with Crippen molar-refractivity contribution >= 4 is 33.4 Å². The van der Waals surface area contributed by atoms with Crippen LogP contribution >= 0.6 is 11.8 Å². The summed E-state index contributed by atoms with van der Waals surface area (Å²) in [7, 11) is -0.366. The van der Waals surface area contributed by atoms with Gasteiger partial charge >= 0.3 is 5.97 Å². The minimum Gasteiger partial charge on any atom is -0.478 e. The Hall–Kier alpha value is -1.25. The monoisotopic (exact) mass is 332 g/mol. The number of hydrogen-bond acceptors (Lipinski definition) is 5. The highest BCUT2D eigenvalue weighted by atomic mass is 32.2. The van der Waals surface area contributed by atoms with Crippen LogP contribution in [0.1, 0.15) is 17.3 Å². The molecule has 0 atom stereocenters. The van der Waals surface area contributed by atoms with Gasteiger partial charge in [-0.15, -0.1) is 11.8 Å². The Kier molecular flexibility index (Phi) is 6.50. The zero-order chi connectivity index (χ0) is 16.0. The molecule has 0 saturated carbocycles. The molecule has 1 aromatic rings. The lowest BCUT2D eigenvalue weighted by Gasteiger charge is -2.14. The van der Waals surface area contributed by atoms with E-state index in [0.717, 1.165) is 10.1 Å². The molecule has 118 valence electrons. The molecule has 6 nitrogen and oxygen atoms in total. The fourth-order valence-electron chi connectivity index (χ4n) is 1.67. The van der Waals surface area contributed by atoms with E-state index in [2.05, 4.69) is 5.32 Å². The van der Waals surface area contributed by atoms with Crippen LogP contribution in [0.3, 0.4) is 0 Å². The first-order valence-corrected chi connectivity index (χ1v) is 9.02. The summed E-state index contributed by atoms with van der Waals surface area (Å²) in [6.07, 6.45) is 0. The zero-order valence-electron chi connectivity index (χ0n) is 12.3. The predicted octanol–water partition coefficient (Wildman–Crippen LogP) is 1.80. The van der Waals surface area contributed by atoms with Crippen molar-refractivity contribution in [2.75, 3.05) is 37.5 Å². The lowest BCUT2D eigenvalue weighted by atomic mass is 10.2. The number of aromatic carboxylic acids is 1. The highest BCUT2D eigenvalue weighted by Gasteiger charge is 2.17. The molecule has 0 aliphatic heterocycles. The molecule has 0 fully saturated rings. The molecule has 1 rings (SSSR count). The maximum Gasteiger partial charge on any atom is 0.338 e. The number of rotatable bonds is 8. The van der Waals surface area contributed by atoms with Gasteiger partial charge in [-0.3, -0.25) is 0 Å². The molecule has 2 N–H and O–H groups in total. The largest absolute Gasteiger partial charge is 0.478 e. The van der Waals surface area contributed by atoms with Crippen LogP contribution in [0.5, 0.6) is 0 Å². The first-order valence-electron chi connectivity index (χ1n) is 6.42. The fraction of sp³-hybridized carbons (Fsp3) is 0.462.